The van der Waals surface area contributed by atoms with E-state index in [1.165, 1.54) is 20.3 Å². The Balaban J connectivity index is 2.65. The smallest absolute Gasteiger partial charge is 0.326 e. The third-order valence-electron chi connectivity index (χ3n) is 2.73. The van der Waals surface area contributed by atoms with Crippen LogP contribution in [0, 0.1) is 0 Å². The first-order chi connectivity index (χ1) is 8.34. The summed E-state index contributed by atoms with van der Waals surface area (Å²) in [7, 11) is 3.19. The van der Waals surface area contributed by atoms with Crippen LogP contribution in [0.2, 0.25) is 0 Å². The number of hydrogen-bond acceptors (Lipinski definition) is 4. The predicted molar refractivity (Wildman–Crippen MR) is 62.8 cm³/mol. The van der Waals surface area contributed by atoms with Crippen LogP contribution in [0.1, 0.15) is 25.7 Å². The van der Waals surface area contributed by atoms with Crippen molar-refractivity contribution in [1.29, 1.82) is 0 Å². The van der Waals surface area contributed by atoms with Crippen molar-refractivity contribution < 1.29 is 14.7 Å². The largest absolute Gasteiger partial charge is 0.480 e. The summed E-state index contributed by atoms with van der Waals surface area (Å²) in [6.45, 7) is 3.19. The average molecular weight is 255 g/mol. The number of aliphatic carboxylic acids is 1. The van der Waals surface area contributed by atoms with Crippen molar-refractivity contribution in [2.45, 2.75) is 25.9 Å². The summed E-state index contributed by atoms with van der Waals surface area (Å²) in [4.78, 5) is 23.7. The van der Waals surface area contributed by atoms with Gasteiger partial charge in [0.15, 0.2) is 5.82 Å². The Kier molecular flexibility index (Phi) is 4.24. The maximum Gasteiger partial charge on any atom is 0.326 e. The van der Waals surface area contributed by atoms with E-state index in [-0.39, 0.29) is 6.04 Å². The van der Waals surface area contributed by atoms with Crippen molar-refractivity contribution in [3.63, 3.8) is 0 Å². The molecule has 0 fully saturated rings. The van der Waals surface area contributed by atoms with Gasteiger partial charge in [-0.1, -0.05) is 0 Å². The summed E-state index contributed by atoms with van der Waals surface area (Å²) in [5, 5.41) is 19.1. The molecule has 0 saturated carbocycles. The molecule has 1 heterocycles. The molecule has 8 heteroatoms. The monoisotopic (exact) mass is 255 g/mol. The molecule has 1 aromatic rings. The lowest BCUT2D eigenvalue weighted by atomic mass is 10.3. The van der Waals surface area contributed by atoms with Gasteiger partial charge in [0.1, 0.15) is 12.4 Å². The van der Waals surface area contributed by atoms with Crippen molar-refractivity contribution in [3.05, 3.63) is 12.2 Å². The molecular formula is C10H17N5O3. The van der Waals surface area contributed by atoms with Crippen LogP contribution in [-0.2, 0) is 11.8 Å². The number of aromatic nitrogens is 3. The standard InChI is InChI=1S/C10H17N5O3/c1-6(8-13-11-5-14(8)3)12-10(18)15(4)7(2)9(16)17/h5-7H,1-4H3,(H,12,18)(H,16,17). The Morgan fingerprint density at radius 1 is 1.50 bits per heavy atom. The topological polar surface area (TPSA) is 100 Å². The molecule has 0 spiro atoms. The number of amides is 2. The number of urea groups is 1. The fraction of sp³-hybridized carbons (Fsp3) is 0.600. The summed E-state index contributed by atoms with van der Waals surface area (Å²) in [6.07, 6.45) is 1.53. The number of hydrogen-bond donors (Lipinski definition) is 2. The van der Waals surface area contributed by atoms with E-state index in [9.17, 15) is 9.59 Å². The van der Waals surface area contributed by atoms with Crippen molar-refractivity contribution in [3.8, 4) is 0 Å². The lowest BCUT2D eigenvalue weighted by molar-refractivity contribution is -0.141. The van der Waals surface area contributed by atoms with Gasteiger partial charge in [-0.15, -0.1) is 10.2 Å². The van der Waals surface area contributed by atoms with E-state index >= 15 is 0 Å². The zero-order valence-corrected chi connectivity index (χ0v) is 10.8. The molecular weight excluding hydrogens is 238 g/mol. The summed E-state index contributed by atoms with van der Waals surface area (Å²) >= 11 is 0. The molecule has 0 aliphatic rings. The van der Waals surface area contributed by atoms with Gasteiger partial charge in [0.05, 0.1) is 6.04 Å². The van der Waals surface area contributed by atoms with Crippen LogP contribution < -0.4 is 5.32 Å². The molecule has 8 nitrogen and oxygen atoms in total. The number of nitrogens with zero attached hydrogens (tertiary/aromatic N) is 4. The molecule has 2 amide bonds. The Morgan fingerprint density at radius 2 is 2.11 bits per heavy atom. The van der Waals surface area contributed by atoms with Gasteiger partial charge in [-0.05, 0) is 13.8 Å². The second-order valence-electron chi connectivity index (χ2n) is 4.10. The van der Waals surface area contributed by atoms with Crippen LogP contribution in [0.4, 0.5) is 4.79 Å². The van der Waals surface area contributed by atoms with Gasteiger partial charge >= 0.3 is 12.0 Å². The van der Waals surface area contributed by atoms with E-state index in [0.717, 1.165) is 4.90 Å². The van der Waals surface area contributed by atoms with Crippen LogP contribution in [0.15, 0.2) is 6.33 Å². The fourth-order valence-corrected chi connectivity index (χ4v) is 1.38. The van der Waals surface area contributed by atoms with E-state index in [0.29, 0.717) is 5.82 Å². The molecule has 1 rings (SSSR count). The molecule has 2 unspecified atom stereocenters. The van der Waals surface area contributed by atoms with Gasteiger partial charge in [-0.25, -0.2) is 9.59 Å². The van der Waals surface area contributed by atoms with Gasteiger partial charge < -0.3 is 19.9 Å². The number of aryl methyl sites for hydroxylation is 1. The Morgan fingerprint density at radius 3 is 2.56 bits per heavy atom. The van der Waals surface area contributed by atoms with E-state index < -0.39 is 18.0 Å². The molecule has 0 radical (unpaired) electrons. The van der Waals surface area contributed by atoms with Crippen LogP contribution in [0.25, 0.3) is 0 Å². The molecule has 0 aliphatic heterocycles. The number of carboxylic acids is 1. The minimum atomic E-state index is -1.06. The number of rotatable bonds is 4. The number of nitrogens with one attached hydrogen (secondary N) is 1. The second-order valence-corrected chi connectivity index (χ2v) is 4.10. The number of likely N-dealkylation sites (N-methyl/N-ethyl adjacent to an activating group) is 1. The quantitative estimate of drug-likeness (QED) is 0.788. The van der Waals surface area contributed by atoms with Crippen molar-refractivity contribution in [1.82, 2.24) is 25.0 Å². The zero-order valence-electron chi connectivity index (χ0n) is 10.8. The van der Waals surface area contributed by atoms with Gasteiger partial charge in [-0.3, -0.25) is 0 Å². The molecule has 0 saturated heterocycles. The number of carbonyl (C=O) groups excluding carboxylic acids is 1. The highest BCUT2D eigenvalue weighted by Crippen LogP contribution is 2.08. The molecule has 0 aliphatic carbocycles. The van der Waals surface area contributed by atoms with Crippen molar-refractivity contribution in [2.75, 3.05) is 7.05 Å². The third-order valence-corrected chi connectivity index (χ3v) is 2.73. The molecule has 2 N–H and O–H groups in total. The maximum absolute atomic E-state index is 11.8. The zero-order chi connectivity index (χ0) is 13.9. The van der Waals surface area contributed by atoms with Crippen LogP contribution >= 0.6 is 0 Å². The lowest BCUT2D eigenvalue weighted by Crippen LogP contribution is -2.46. The van der Waals surface area contributed by atoms with E-state index in [2.05, 4.69) is 15.5 Å². The van der Waals surface area contributed by atoms with E-state index in [1.807, 2.05) is 0 Å². The Labute approximate surface area is 105 Å². The van der Waals surface area contributed by atoms with Crippen molar-refractivity contribution >= 4 is 12.0 Å². The molecule has 0 aromatic carbocycles. The predicted octanol–water partition coefficient (Wildman–Crippen LogP) is -0.00940. The molecule has 100 valence electrons. The first-order valence-corrected chi connectivity index (χ1v) is 5.44. The maximum atomic E-state index is 11.8. The number of carbonyl (C=O) groups is 2. The first-order valence-electron chi connectivity index (χ1n) is 5.44. The molecule has 0 bridgehead atoms. The van der Waals surface area contributed by atoms with Gasteiger partial charge in [0.2, 0.25) is 0 Å². The highest BCUT2D eigenvalue weighted by molar-refractivity contribution is 5.82. The molecule has 18 heavy (non-hydrogen) atoms. The summed E-state index contributed by atoms with van der Waals surface area (Å²) in [5.74, 6) is -0.460. The highest BCUT2D eigenvalue weighted by atomic mass is 16.4. The first kappa shape index (κ1) is 13.9. The van der Waals surface area contributed by atoms with Crippen LogP contribution in [0.5, 0.6) is 0 Å². The van der Waals surface area contributed by atoms with Gasteiger partial charge in [-0.2, -0.15) is 0 Å². The van der Waals surface area contributed by atoms with E-state index in [1.54, 1.807) is 18.5 Å². The highest BCUT2D eigenvalue weighted by Gasteiger charge is 2.23. The summed E-state index contributed by atoms with van der Waals surface area (Å²) in [5.41, 5.74) is 0. The molecule has 2 atom stereocenters. The minimum absolute atomic E-state index is 0.353. The Bertz CT molecular complexity index is 444. The lowest BCUT2D eigenvalue weighted by Gasteiger charge is -2.23. The minimum Gasteiger partial charge on any atom is -0.480 e. The summed E-state index contributed by atoms with van der Waals surface area (Å²) in [6, 6.07) is -1.72. The van der Waals surface area contributed by atoms with Crippen molar-refractivity contribution in [2.24, 2.45) is 7.05 Å². The Hall–Kier alpha value is -2.12. The van der Waals surface area contributed by atoms with Gasteiger partial charge in [0.25, 0.3) is 0 Å². The average Bonchev–Trinajstić information content (AvgIpc) is 2.73. The third kappa shape index (κ3) is 2.96. The van der Waals surface area contributed by atoms with Gasteiger partial charge in [0, 0.05) is 14.1 Å². The SMILES string of the molecule is CC(NC(=O)N(C)C(C)C(=O)O)c1nncn1C. The summed E-state index contributed by atoms with van der Waals surface area (Å²) < 4.78 is 1.69. The number of carboxylic acid groups (broad SMARTS) is 1. The molecule has 1 aromatic heterocycles. The van der Waals surface area contributed by atoms with Crippen LogP contribution in [0.3, 0.4) is 0 Å². The van der Waals surface area contributed by atoms with E-state index in [4.69, 9.17) is 5.11 Å². The second kappa shape index (κ2) is 5.48. The van der Waals surface area contributed by atoms with Crippen LogP contribution in [-0.4, -0.2) is 49.9 Å². The normalized spacial score (nSPS) is 13.8. The fourth-order valence-electron chi connectivity index (χ4n) is 1.38.